The Bertz CT molecular complexity index is 1380. The van der Waals surface area contributed by atoms with Gasteiger partial charge < -0.3 is 20.1 Å². The van der Waals surface area contributed by atoms with Gasteiger partial charge in [0.05, 0.1) is 24.9 Å². The van der Waals surface area contributed by atoms with Crippen molar-refractivity contribution < 1.29 is 14.6 Å². The number of ether oxygens (including phenoxy) is 1. The molecule has 2 aromatic heterocycles. The molecule has 1 aliphatic heterocycles. The average Bonchev–Trinajstić information content (AvgIpc) is 2.83. The molecule has 1 aromatic carbocycles. The second kappa shape index (κ2) is 9.25. The molecule has 1 atom stereocenters. The number of benzene rings is 1. The Morgan fingerprint density at radius 2 is 1.94 bits per heavy atom. The molecule has 1 aliphatic rings. The zero-order valence-electron chi connectivity index (χ0n) is 20.2. The van der Waals surface area contributed by atoms with Crippen molar-refractivity contribution in [2.75, 3.05) is 30.4 Å². The maximum absolute atomic E-state index is 13.4. The van der Waals surface area contributed by atoms with E-state index < -0.39 is 17.6 Å². The van der Waals surface area contributed by atoms with Crippen molar-refractivity contribution in [1.82, 2.24) is 14.4 Å². The zero-order valence-corrected chi connectivity index (χ0v) is 20.2. The number of aromatic nitrogens is 3. The number of para-hydroxylation sites is 1. The van der Waals surface area contributed by atoms with Gasteiger partial charge in [-0.2, -0.15) is 5.26 Å². The highest BCUT2D eigenvalue weighted by Crippen LogP contribution is 2.33. The molecule has 1 fully saturated rings. The van der Waals surface area contributed by atoms with E-state index in [9.17, 15) is 20.0 Å². The summed E-state index contributed by atoms with van der Waals surface area (Å²) in [5, 5.41) is 22.6. The smallest absolute Gasteiger partial charge is 0.337 e. The lowest BCUT2D eigenvalue weighted by molar-refractivity contribution is 0.0698. The van der Waals surface area contributed by atoms with Crippen molar-refractivity contribution in [1.29, 1.82) is 5.26 Å². The number of carbonyl (C=O) groups is 1. The summed E-state index contributed by atoms with van der Waals surface area (Å²) in [6.07, 6.45) is 3.24. The summed E-state index contributed by atoms with van der Waals surface area (Å²) in [6.45, 7) is 7.57. The number of carboxylic acids is 1. The van der Waals surface area contributed by atoms with Crippen LogP contribution in [0.2, 0.25) is 0 Å². The Labute approximate surface area is 202 Å². The second-order valence-electron chi connectivity index (χ2n) is 9.46. The third-order valence-electron chi connectivity index (χ3n) is 6.47. The van der Waals surface area contributed by atoms with Crippen molar-refractivity contribution in [3.63, 3.8) is 0 Å². The van der Waals surface area contributed by atoms with Gasteiger partial charge in [0.15, 0.2) is 17.0 Å². The number of carboxylic acid groups (broad SMARTS) is 1. The summed E-state index contributed by atoms with van der Waals surface area (Å²) in [5.41, 5.74) is 0.846. The summed E-state index contributed by atoms with van der Waals surface area (Å²) in [6, 6.07) is 8.06. The third kappa shape index (κ3) is 4.62. The van der Waals surface area contributed by atoms with Gasteiger partial charge in [0, 0.05) is 18.8 Å². The number of aromatic carboxylic acids is 1. The molecule has 3 heterocycles. The molecule has 0 unspecified atom stereocenters. The maximum Gasteiger partial charge on any atom is 0.337 e. The minimum absolute atomic E-state index is 0.0294. The van der Waals surface area contributed by atoms with Crippen molar-refractivity contribution in [3.05, 3.63) is 57.6 Å². The lowest BCUT2D eigenvalue weighted by atomic mass is 9.82. The van der Waals surface area contributed by atoms with Crippen molar-refractivity contribution in [3.8, 4) is 11.9 Å². The molecule has 182 valence electrons. The fraction of sp³-hybridized carbons (Fsp3) is 0.400. The van der Waals surface area contributed by atoms with Crippen LogP contribution in [0.1, 0.15) is 61.3 Å². The molecule has 3 aromatic rings. The first kappa shape index (κ1) is 24.0. The molecule has 10 nitrogen and oxygen atoms in total. The third-order valence-corrected chi connectivity index (χ3v) is 6.47. The van der Waals surface area contributed by atoms with Crippen LogP contribution in [0.3, 0.4) is 0 Å². The monoisotopic (exact) mass is 476 g/mol. The number of hydrogen-bond acceptors (Lipinski definition) is 8. The van der Waals surface area contributed by atoms with Gasteiger partial charge in [-0.3, -0.25) is 9.20 Å². The molecule has 10 heteroatoms. The standard InChI is InChI=1S/C25H28N6O4/c1-15(27-18-8-6-5-7-16(18)24(33)34)20-22-29-21(30-11-9-25(2,3)10-12-30)17(13-26)23(32)31(22)14-19(28-20)35-4/h5-8,14-15,27H,9-12H2,1-4H3,(H,33,34)/t15-/m1/s1. The van der Waals surface area contributed by atoms with Crippen molar-refractivity contribution in [2.45, 2.75) is 39.7 Å². The summed E-state index contributed by atoms with van der Waals surface area (Å²) in [7, 11) is 1.43. The van der Waals surface area contributed by atoms with E-state index in [4.69, 9.17) is 9.72 Å². The summed E-state index contributed by atoms with van der Waals surface area (Å²) >= 11 is 0. The number of methoxy groups -OCH3 is 1. The Kier molecular flexibility index (Phi) is 6.35. The topological polar surface area (TPSA) is 133 Å². The first-order valence-corrected chi connectivity index (χ1v) is 11.4. The van der Waals surface area contributed by atoms with Crippen LogP contribution in [0.15, 0.2) is 35.3 Å². The van der Waals surface area contributed by atoms with Gasteiger partial charge >= 0.3 is 5.97 Å². The number of fused-ring (bicyclic) bond motifs is 1. The zero-order chi connectivity index (χ0) is 25.3. The highest BCUT2D eigenvalue weighted by molar-refractivity contribution is 5.94. The highest BCUT2D eigenvalue weighted by atomic mass is 16.5. The van der Waals surface area contributed by atoms with Gasteiger partial charge in [0.1, 0.15) is 11.8 Å². The highest BCUT2D eigenvalue weighted by Gasteiger charge is 2.29. The number of nitrogens with one attached hydrogen (secondary N) is 1. The van der Waals surface area contributed by atoms with Crippen LogP contribution < -0.4 is 20.5 Å². The van der Waals surface area contributed by atoms with Gasteiger partial charge in [-0.15, -0.1) is 0 Å². The van der Waals surface area contributed by atoms with Crippen LogP contribution in [-0.2, 0) is 0 Å². The first-order valence-electron chi connectivity index (χ1n) is 11.4. The molecule has 4 rings (SSSR count). The fourth-order valence-electron chi connectivity index (χ4n) is 4.27. The normalized spacial score (nSPS) is 15.9. The summed E-state index contributed by atoms with van der Waals surface area (Å²) in [5.74, 6) is -0.542. The number of anilines is 2. The van der Waals surface area contributed by atoms with Gasteiger partial charge in [0.2, 0.25) is 5.88 Å². The van der Waals surface area contributed by atoms with E-state index in [1.165, 1.54) is 23.8 Å². The number of nitriles is 1. The number of hydrogen-bond donors (Lipinski definition) is 2. The lowest BCUT2D eigenvalue weighted by Crippen LogP contribution is -2.39. The molecular formula is C25H28N6O4. The maximum atomic E-state index is 13.4. The van der Waals surface area contributed by atoms with Crippen molar-refractivity contribution in [2.24, 2.45) is 5.41 Å². The number of nitrogens with zero attached hydrogens (tertiary/aromatic N) is 5. The SMILES string of the molecule is COc1cn2c(=O)c(C#N)c(N3CCC(C)(C)CC3)nc2c([C@@H](C)Nc2ccccc2C(=O)O)n1. The van der Waals surface area contributed by atoms with Gasteiger partial charge in [-0.05, 0) is 37.3 Å². The van der Waals surface area contributed by atoms with Crippen molar-refractivity contribution >= 4 is 23.1 Å². The predicted molar refractivity (Wildman–Crippen MR) is 131 cm³/mol. The molecule has 2 N–H and O–H groups in total. The van der Waals surface area contributed by atoms with Crippen LogP contribution >= 0.6 is 0 Å². The molecule has 1 saturated heterocycles. The van der Waals surface area contributed by atoms with Crippen LogP contribution in [0.25, 0.3) is 5.65 Å². The first-order chi connectivity index (χ1) is 16.6. The number of rotatable bonds is 6. The van der Waals surface area contributed by atoms with E-state index in [-0.39, 0.29) is 28.1 Å². The lowest BCUT2D eigenvalue weighted by Gasteiger charge is -2.37. The van der Waals surface area contributed by atoms with Gasteiger partial charge in [-0.25, -0.2) is 14.8 Å². The van der Waals surface area contributed by atoms with Crippen LogP contribution in [0, 0.1) is 16.7 Å². The van der Waals surface area contributed by atoms with E-state index in [2.05, 4.69) is 24.1 Å². The minimum atomic E-state index is -1.06. The Morgan fingerprint density at radius 3 is 2.57 bits per heavy atom. The quantitative estimate of drug-likeness (QED) is 0.548. The minimum Gasteiger partial charge on any atom is -0.480 e. The van der Waals surface area contributed by atoms with Gasteiger partial charge in [-0.1, -0.05) is 26.0 Å². The molecule has 0 radical (unpaired) electrons. The second-order valence-corrected chi connectivity index (χ2v) is 9.46. The predicted octanol–water partition coefficient (Wildman–Crippen LogP) is 3.47. The van der Waals surface area contributed by atoms with Crippen LogP contribution in [0.5, 0.6) is 5.88 Å². The summed E-state index contributed by atoms with van der Waals surface area (Å²) in [4.78, 5) is 36.3. The number of piperidine rings is 1. The molecule has 0 amide bonds. The van der Waals surface area contributed by atoms with E-state index in [1.54, 1.807) is 25.1 Å². The van der Waals surface area contributed by atoms with E-state index in [0.717, 1.165) is 12.8 Å². The molecule has 0 aliphatic carbocycles. The Hall–Kier alpha value is -4.13. The fourth-order valence-corrected chi connectivity index (χ4v) is 4.27. The molecule has 0 saturated carbocycles. The van der Waals surface area contributed by atoms with Crippen LogP contribution in [0.4, 0.5) is 11.5 Å². The molecule has 35 heavy (non-hydrogen) atoms. The molecular weight excluding hydrogens is 448 g/mol. The summed E-state index contributed by atoms with van der Waals surface area (Å²) < 4.78 is 6.59. The molecule has 0 bridgehead atoms. The molecule has 0 spiro atoms. The Balaban J connectivity index is 1.86. The average molecular weight is 477 g/mol. The van der Waals surface area contributed by atoms with E-state index in [0.29, 0.717) is 30.3 Å². The Morgan fingerprint density at radius 1 is 1.26 bits per heavy atom. The van der Waals surface area contributed by atoms with E-state index in [1.807, 2.05) is 11.0 Å². The van der Waals surface area contributed by atoms with E-state index >= 15 is 0 Å². The largest absolute Gasteiger partial charge is 0.480 e. The van der Waals surface area contributed by atoms with Crippen LogP contribution in [-0.4, -0.2) is 45.6 Å². The van der Waals surface area contributed by atoms with Gasteiger partial charge in [0.25, 0.3) is 5.56 Å².